The molecule has 1 fully saturated rings. The molecule has 1 aliphatic rings. The molecule has 19 heavy (non-hydrogen) atoms. The van der Waals surface area contributed by atoms with Gasteiger partial charge in [-0.2, -0.15) is 0 Å². The van der Waals surface area contributed by atoms with Crippen LogP contribution in [0.4, 0.5) is 11.4 Å². The Bertz CT molecular complexity index is 525. The number of carbonyl (C=O) groups excluding carboxylic acids is 1. The third-order valence-corrected chi connectivity index (χ3v) is 4.74. The zero-order chi connectivity index (χ0) is 14.0. The summed E-state index contributed by atoms with van der Waals surface area (Å²) < 4.78 is -0.475. The number of nitrogens with one attached hydrogen (secondary N) is 1. The molecule has 6 heteroatoms. The number of amides is 1. The lowest BCUT2D eigenvalue weighted by Crippen LogP contribution is -2.35. The van der Waals surface area contributed by atoms with E-state index in [4.69, 9.17) is 10.8 Å². The minimum Gasteiger partial charge on any atom is -0.478 e. The number of carbonyl (C=O) groups is 2. The average molecular weight is 280 g/mol. The Morgan fingerprint density at radius 1 is 1.47 bits per heavy atom. The molecule has 102 valence electrons. The third kappa shape index (κ3) is 2.84. The number of anilines is 2. The van der Waals surface area contributed by atoms with Crippen molar-refractivity contribution < 1.29 is 14.7 Å². The van der Waals surface area contributed by atoms with E-state index in [0.29, 0.717) is 11.4 Å². The van der Waals surface area contributed by atoms with Crippen molar-refractivity contribution in [2.75, 3.05) is 16.8 Å². The van der Waals surface area contributed by atoms with Gasteiger partial charge >= 0.3 is 5.97 Å². The van der Waals surface area contributed by atoms with E-state index in [2.05, 4.69) is 5.32 Å². The van der Waals surface area contributed by atoms with Crippen LogP contribution in [0.2, 0.25) is 0 Å². The smallest absolute Gasteiger partial charge is 0.337 e. The fourth-order valence-corrected chi connectivity index (χ4v) is 3.27. The van der Waals surface area contributed by atoms with Crippen LogP contribution in [0.5, 0.6) is 0 Å². The van der Waals surface area contributed by atoms with Crippen LogP contribution in [0.25, 0.3) is 0 Å². The number of aromatic carboxylic acids is 1. The molecule has 0 aromatic heterocycles. The fourth-order valence-electron chi connectivity index (χ4n) is 2.06. The number of hydrogen-bond acceptors (Lipinski definition) is 4. The van der Waals surface area contributed by atoms with E-state index in [1.165, 1.54) is 12.1 Å². The Hall–Kier alpha value is -1.69. The molecule has 5 nitrogen and oxygen atoms in total. The van der Waals surface area contributed by atoms with Gasteiger partial charge in [-0.3, -0.25) is 4.79 Å². The minimum absolute atomic E-state index is 0.0138. The van der Waals surface area contributed by atoms with E-state index in [9.17, 15) is 9.59 Å². The van der Waals surface area contributed by atoms with Gasteiger partial charge in [0, 0.05) is 5.69 Å². The molecule has 1 aromatic rings. The normalized spacial score (nSPS) is 22.2. The number of hydrogen-bond donors (Lipinski definition) is 3. The molecule has 1 aromatic carbocycles. The Kier molecular flexibility index (Phi) is 3.71. The zero-order valence-electron chi connectivity index (χ0n) is 10.6. The van der Waals surface area contributed by atoms with Crippen molar-refractivity contribution >= 4 is 35.0 Å². The van der Waals surface area contributed by atoms with Gasteiger partial charge in [-0.05, 0) is 43.7 Å². The molecule has 1 atom stereocenters. The van der Waals surface area contributed by atoms with Crippen LogP contribution < -0.4 is 11.1 Å². The molecule has 1 saturated heterocycles. The first-order chi connectivity index (χ1) is 8.92. The van der Waals surface area contributed by atoms with Gasteiger partial charge < -0.3 is 16.2 Å². The lowest BCUT2D eigenvalue weighted by molar-refractivity contribution is -0.118. The summed E-state index contributed by atoms with van der Waals surface area (Å²) in [5, 5.41) is 11.8. The molecule has 1 heterocycles. The molecule has 0 saturated carbocycles. The second kappa shape index (κ2) is 5.13. The molecule has 0 aliphatic carbocycles. The summed E-state index contributed by atoms with van der Waals surface area (Å²) in [4.78, 5) is 23.4. The fraction of sp³-hybridized carbons (Fsp3) is 0.385. The zero-order valence-corrected chi connectivity index (χ0v) is 11.4. The first-order valence-electron chi connectivity index (χ1n) is 6.00. The van der Waals surface area contributed by atoms with Crippen LogP contribution in [0.1, 0.15) is 30.1 Å². The molecule has 2 rings (SSSR count). The highest BCUT2D eigenvalue weighted by Crippen LogP contribution is 2.38. The van der Waals surface area contributed by atoms with Crippen LogP contribution in [0.15, 0.2) is 18.2 Å². The summed E-state index contributed by atoms with van der Waals surface area (Å²) in [5.41, 5.74) is 6.23. The van der Waals surface area contributed by atoms with Crippen molar-refractivity contribution in [1.29, 1.82) is 0 Å². The highest BCUT2D eigenvalue weighted by atomic mass is 32.2. The van der Waals surface area contributed by atoms with Crippen molar-refractivity contribution in [2.45, 2.75) is 24.5 Å². The van der Waals surface area contributed by atoms with Crippen molar-refractivity contribution in [2.24, 2.45) is 0 Å². The summed E-state index contributed by atoms with van der Waals surface area (Å²) in [5.74, 6) is -0.300. The first-order valence-corrected chi connectivity index (χ1v) is 6.99. The van der Waals surface area contributed by atoms with Gasteiger partial charge in [-0.1, -0.05) is 0 Å². The number of carboxylic acid groups (broad SMARTS) is 1. The van der Waals surface area contributed by atoms with Gasteiger partial charge in [0.25, 0.3) is 0 Å². The van der Waals surface area contributed by atoms with Crippen LogP contribution >= 0.6 is 11.8 Å². The molecule has 0 bridgehead atoms. The third-order valence-electron chi connectivity index (χ3n) is 3.22. The summed E-state index contributed by atoms with van der Waals surface area (Å²) in [6, 6.07) is 4.45. The predicted molar refractivity (Wildman–Crippen MR) is 76.5 cm³/mol. The summed E-state index contributed by atoms with van der Waals surface area (Å²) in [6.45, 7) is 1.89. The maximum atomic E-state index is 12.2. The second-order valence-corrected chi connectivity index (χ2v) is 6.35. The molecule has 4 N–H and O–H groups in total. The van der Waals surface area contributed by atoms with Crippen LogP contribution in [0.3, 0.4) is 0 Å². The number of nitrogens with two attached hydrogens (primary N) is 1. The Balaban J connectivity index is 2.23. The topological polar surface area (TPSA) is 92.4 Å². The molecular formula is C13H16N2O3S. The Labute approximate surface area is 115 Å². The van der Waals surface area contributed by atoms with E-state index in [0.717, 1.165) is 18.6 Å². The summed E-state index contributed by atoms with van der Waals surface area (Å²) in [6.07, 6.45) is 1.81. The maximum absolute atomic E-state index is 12.2. The lowest BCUT2D eigenvalue weighted by Gasteiger charge is -2.22. The van der Waals surface area contributed by atoms with Gasteiger partial charge in [0.2, 0.25) is 5.91 Å². The van der Waals surface area contributed by atoms with Crippen molar-refractivity contribution in [1.82, 2.24) is 0 Å². The number of benzene rings is 1. The quantitative estimate of drug-likeness (QED) is 0.738. The van der Waals surface area contributed by atoms with Gasteiger partial charge in [-0.15, -0.1) is 11.8 Å². The summed E-state index contributed by atoms with van der Waals surface area (Å²) in [7, 11) is 0. The largest absolute Gasteiger partial charge is 0.478 e. The SMILES string of the molecule is CC1(C(=O)Nc2ccc(N)cc2C(=O)O)CCCS1. The molecule has 0 radical (unpaired) electrons. The molecular weight excluding hydrogens is 264 g/mol. The average Bonchev–Trinajstić information content (AvgIpc) is 2.79. The van der Waals surface area contributed by atoms with E-state index >= 15 is 0 Å². The Morgan fingerprint density at radius 2 is 2.21 bits per heavy atom. The van der Waals surface area contributed by atoms with E-state index in [-0.39, 0.29) is 11.5 Å². The number of rotatable bonds is 3. The molecule has 1 unspecified atom stereocenters. The van der Waals surface area contributed by atoms with E-state index in [1.54, 1.807) is 17.8 Å². The Morgan fingerprint density at radius 3 is 2.79 bits per heavy atom. The number of nitrogen functional groups attached to an aromatic ring is 1. The van der Waals surface area contributed by atoms with Gasteiger partial charge in [0.05, 0.1) is 16.0 Å². The highest BCUT2D eigenvalue weighted by Gasteiger charge is 2.37. The van der Waals surface area contributed by atoms with Gasteiger partial charge in [0.1, 0.15) is 0 Å². The summed E-state index contributed by atoms with van der Waals surface area (Å²) >= 11 is 1.61. The second-order valence-electron chi connectivity index (χ2n) is 4.75. The lowest BCUT2D eigenvalue weighted by atomic mass is 10.0. The number of carboxylic acids is 1. The van der Waals surface area contributed by atoms with Crippen LogP contribution in [0, 0.1) is 0 Å². The predicted octanol–water partition coefficient (Wildman–Crippen LogP) is 2.19. The number of thioether (sulfide) groups is 1. The minimum atomic E-state index is -1.10. The molecule has 1 amide bonds. The van der Waals surface area contributed by atoms with Crippen molar-refractivity contribution in [3.8, 4) is 0 Å². The van der Waals surface area contributed by atoms with Crippen LogP contribution in [-0.2, 0) is 4.79 Å². The molecule has 1 aliphatic heterocycles. The highest BCUT2D eigenvalue weighted by molar-refractivity contribution is 8.01. The van der Waals surface area contributed by atoms with E-state index in [1.807, 2.05) is 6.92 Å². The first kappa shape index (κ1) is 13.7. The standard InChI is InChI=1S/C13H16N2O3S/c1-13(5-2-6-19-13)12(18)15-10-4-3-8(14)7-9(10)11(16)17/h3-4,7H,2,5-6,14H2,1H3,(H,15,18)(H,16,17). The van der Waals surface area contributed by atoms with E-state index < -0.39 is 10.7 Å². The molecule has 0 spiro atoms. The van der Waals surface area contributed by atoms with Crippen molar-refractivity contribution in [3.05, 3.63) is 23.8 Å². The van der Waals surface area contributed by atoms with Gasteiger partial charge in [-0.25, -0.2) is 4.79 Å². The maximum Gasteiger partial charge on any atom is 0.337 e. The van der Waals surface area contributed by atoms with Crippen molar-refractivity contribution in [3.63, 3.8) is 0 Å². The van der Waals surface area contributed by atoms with Gasteiger partial charge in [0.15, 0.2) is 0 Å². The monoisotopic (exact) mass is 280 g/mol. The van der Waals surface area contributed by atoms with Crippen LogP contribution in [-0.4, -0.2) is 27.5 Å².